The van der Waals surface area contributed by atoms with Crippen molar-refractivity contribution in [2.24, 2.45) is 0 Å². The average Bonchev–Trinajstić information content (AvgIpc) is 2.24. The Morgan fingerprint density at radius 3 is 3.00 bits per heavy atom. The van der Waals surface area contributed by atoms with E-state index >= 15 is 0 Å². The van der Waals surface area contributed by atoms with Crippen molar-refractivity contribution in [1.82, 2.24) is 9.97 Å². The summed E-state index contributed by atoms with van der Waals surface area (Å²) in [5, 5.41) is 13.2. The predicted molar refractivity (Wildman–Crippen MR) is 70.9 cm³/mol. The maximum absolute atomic E-state index is 8.85. The van der Waals surface area contributed by atoms with Gasteiger partial charge in [0.2, 0.25) is 5.95 Å². The van der Waals surface area contributed by atoms with Gasteiger partial charge >= 0.3 is 0 Å². The highest BCUT2D eigenvalue weighted by Gasteiger charge is 2.10. The first-order valence-electron chi connectivity index (χ1n) is 5.21. The average molecular weight is 306 g/mol. The molecular formula is C10H16BrN3OS. The molecule has 1 atom stereocenters. The number of hydrogen-bond donors (Lipinski definition) is 2. The molecule has 0 fully saturated rings. The van der Waals surface area contributed by atoms with Gasteiger partial charge in [0.25, 0.3) is 0 Å². The molecule has 6 heteroatoms. The van der Waals surface area contributed by atoms with Gasteiger partial charge in [0.1, 0.15) is 5.03 Å². The molecule has 16 heavy (non-hydrogen) atoms. The standard InChI is InChI=1S/C10H16BrN3OS/c1-3-12-10-13-6-8(11)9(14-10)16-7(2)4-5-15/h6-7,15H,3-5H2,1-2H3,(H,12,13,14). The Morgan fingerprint density at radius 1 is 1.62 bits per heavy atom. The van der Waals surface area contributed by atoms with Gasteiger partial charge in [-0.1, -0.05) is 6.92 Å². The van der Waals surface area contributed by atoms with Crippen LogP contribution < -0.4 is 5.32 Å². The molecule has 90 valence electrons. The van der Waals surface area contributed by atoms with Gasteiger partial charge in [-0.2, -0.15) is 0 Å². The van der Waals surface area contributed by atoms with Crippen LogP contribution in [-0.4, -0.2) is 33.5 Å². The quantitative estimate of drug-likeness (QED) is 0.625. The summed E-state index contributed by atoms with van der Waals surface area (Å²) in [5.41, 5.74) is 0. The summed E-state index contributed by atoms with van der Waals surface area (Å²) in [6.45, 7) is 5.09. The van der Waals surface area contributed by atoms with E-state index in [4.69, 9.17) is 5.11 Å². The highest BCUT2D eigenvalue weighted by Crippen LogP contribution is 2.30. The Bertz CT molecular complexity index is 338. The van der Waals surface area contributed by atoms with Gasteiger partial charge in [-0.3, -0.25) is 0 Å². The van der Waals surface area contributed by atoms with Crippen LogP contribution in [0.5, 0.6) is 0 Å². The molecule has 0 radical (unpaired) electrons. The minimum Gasteiger partial charge on any atom is -0.396 e. The van der Waals surface area contributed by atoms with E-state index in [1.165, 1.54) is 0 Å². The second kappa shape index (κ2) is 7.09. The van der Waals surface area contributed by atoms with E-state index in [-0.39, 0.29) is 6.61 Å². The lowest BCUT2D eigenvalue weighted by molar-refractivity contribution is 0.289. The molecule has 0 aliphatic rings. The zero-order valence-corrected chi connectivity index (χ0v) is 11.8. The van der Waals surface area contributed by atoms with Crippen LogP contribution in [0.3, 0.4) is 0 Å². The Labute approximate surface area is 108 Å². The number of nitrogens with one attached hydrogen (secondary N) is 1. The predicted octanol–water partition coefficient (Wildman–Crippen LogP) is 2.53. The largest absolute Gasteiger partial charge is 0.396 e. The summed E-state index contributed by atoms with van der Waals surface area (Å²) < 4.78 is 0.893. The Hall–Kier alpha value is -0.330. The van der Waals surface area contributed by atoms with Crippen LogP contribution in [0.4, 0.5) is 5.95 Å². The van der Waals surface area contributed by atoms with Crippen LogP contribution in [0.25, 0.3) is 0 Å². The smallest absolute Gasteiger partial charge is 0.223 e. The number of anilines is 1. The van der Waals surface area contributed by atoms with Crippen molar-refractivity contribution >= 4 is 33.6 Å². The van der Waals surface area contributed by atoms with Crippen LogP contribution in [0, 0.1) is 0 Å². The van der Waals surface area contributed by atoms with Gasteiger partial charge in [0, 0.05) is 24.6 Å². The fraction of sp³-hybridized carbons (Fsp3) is 0.600. The molecule has 0 aliphatic heterocycles. The minimum absolute atomic E-state index is 0.205. The highest BCUT2D eigenvalue weighted by molar-refractivity contribution is 9.10. The third kappa shape index (κ3) is 4.27. The molecule has 2 N–H and O–H groups in total. The summed E-state index contributed by atoms with van der Waals surface area (Å²) in [5.74, 6) is 0.643. The van der Waals surface area contributed by atoms with E-state index in [0.717, 1.165) is 22.5 Å². The maximum Gasteiger partial charge on any atom is 0.223 e. The van der Waals surface area contributed by atoms with Crippen LogP contribution in [0.15, 0.2) is 15.7 Å². The van der Waals surface area contributed by atoms with Crippen molar-refractivity contribution in [2.75, 3.05) is 18.5 Å². The van der Waals surface area contributed by atoms with Crippen LogP contribution >= 0.6 is 27.7 Å². The third-order valence-electron chi connectivity index (χ3n) is 1.90. The van der Waals surface area contributed by atoms with Crippen molar-refractivity contribution in [3.05, 3.63) is 10.7 Å². The zero-order valence-electron chi connectivity index (χ0n) is 9.40. The van der Waals surface area contributed by atoms with Gasteiger partial charge in [0.15, 0.2) is 0 Å². The van der Waals surface area contributed by atoms with Gasteiger partial charge in [-0.05, 0) is 29.3 Å². The lowest BCUT2D eigenvalue weighted by Gasteiger charge is -2.11. The number of thioether (sulfide) groups is 1. The number of halogens is 1. The minimum atomic E-state index is 0.205. The topological polar surface area (TPSA) is 58.0 Å². The SMILES string of the molecule is CCNc1ncc(Br)c(SC(C)CCO)n1. The third-order valence-corrected chi connectivity index (χ3v) is 3.91. The van der Waals surface area contributed by atoms with E-state index in [0.29, 0.717) is 11.2 Å². The summed E-state index contributed by atoms with van der Waals surface area (Å²) in [7, 11) is 0. The van der Waals surface area contributed by atoms with Crippen molar-refractivity contribution in [3.8, 4) is 0 Å². The van der Waals surface area contributed by atoms with E-state index in [9.17, 15) is 0 Å². The van der Waals surface area contributed by atoms with Crippen molar-refractivity contribution in [1.29, 1.82) is 0 Å². The molecule has 1 rings (SSSR count). The first kappa shape index (κ1) is 13.7. The van der Waals surface area contributed by atoms with E-state index in [1.54, 1.807) is 18.0 Å². The molecule has 0 aliphatic carbocycles. The van der Waals surface area contributed by atoms with E-state index in [1.807, 2.05) is 6.92 Å². The van der Waals surface area contributed by atoms with E-state index in [2.05, 4.69) is 38.1 Å². The van der Waals surface area contributed by atoms with Gasteiger partial charge in [0.05, 0.1) is 4.47 Å². The number of rotatable bonds is 6. The van der Waals surface area contributed by atoms with Crippen LogP contribution in [0.2, 0.25) is 0 Å². The lowest BCUT2D eigenvalue weighted by atomic mass is 10.3. The number of aromatic nitrogens is 2. The second-order valence-electron chi connectivity index (χ2n) is 3.32. The normalized spacial score (nSPS) is 12.5. The molecule has 1 aromatic heterocycles. The first-order valence-corrected chi connectivity index (χ1v) is 6.88. The molecule has 1 heterocycles. The summed E-state index contributed by atoms with van der Waals surface area (Å²) in [6, 6.07) is 0. The van der Waals surface area contributed by atoms with Crippen LogP contribution in [-0.2, 0) is 0 Å². The number of aliphatic hydroxyl groups is 1. The molecule has 0 bridgehead atoms. The number of hydrogen-bond acceptors (Lipinski definition) is 5. The van der Waals surface area contributed by atoms with Gasteiger partial charge in [-0.25, -0.2) is 9.97 Å². The van der Waals surface area contributed by atoms with Crippen molar-refractivity contribution in [3.63, 3.8) is 0 Å². The number of aliphatic hydroxyl groups excluding tert-OH is 1. The van der Waals surface area contributed by atoms with Gasteiger partial charge in [-0.15, -0.1) is 11.8 Å². The Morgan fingerprint density at radius 2 is 2.38 bits per heavy atom. The molecule has 1 aromatic rings. The molecule has 0 aromatic carbocycles. The summed E-state index contributed by atoms with van der Waals surface area (Å²) in [6.07, 6.45) is 2.51. The second-order valence-corrected chi connectivity index (χ2v) is 5.60. The molecule has 0 spiro atoms. The fourth-order valence-electron chi connectivity index (χ4n) is 1.11. The van der Waals surface area contributed by atoms with Gasteiger partial charge < -0.3 is 10.4 Å². The van der Waals surface area contributed by atoms with E-state index < -0.39 is 0 Å². The molecule has 4 nitrogen and oxygen atoms in total. The Balaban J connectivity index is 2.73. The molecule has 1 unspecified atom stereocenters. The highest BCUT2D eigenvalue weighted by atomic mass is 79.9. The lowest BCUT2D eigenvalue weighted by Crippen LogP contribution is -2.05. The molecule has 0 saturated heterocycles. The molecular weight excluding hydrogens is 290 g/mol. The molecule has 0 saturated carbocycles. The van der Waals surface area contributed by atoms with Crippen molar-refractivity contribution in [2.45, 2.75) is 30.5 Å². The fourth-order valence-corrected chi connectivity index (χ4v) is 2.49. The van der Waals surface area contributed by atoms with Crippen molar-refractivity contribution < 1.29 is 5.11 Å². The monoisotopic (exact) mass is 305 g/mol. The first-order chi connectivity index (χ1) is 7.67. The summed E-state index contributed by atoms with van der Waals surface area (Å²) in [4.78, 5) is 8.55. The maximum atomic E-state index is 8.85. The molecule has 0 amide bonds. The zero-order chi connectivity index (χ0) is 12.0. The summed E-state index contributed by atoms with van der Waals surface area (Å²) >= 11 is 5.06. The van der Waals surface area contributed by atoms with Crippen LogP contribution in [0.1, 0.15) is 20.3 Å². The Kier molecular flexibility index (Phi) is 6.08. The number of nitrogens with zero attached hydrogens (tertiary/aromatic N) is 2.